The van der Waals surface area contributed by atoms with Crippen molar-refractivity contribution in [2.24, 2.45) is 11.7 Å². The number of halogens is 2. The van der Waals surface area contributed by atoms with Gasteiger partial charge in [-0.15, -0.1) is 12.4 Å². The molecule has 1 aliphatic rings. The second kappa shape index (κ2) is 8.39. The summed E-state index contributed by atoms with van der Waals surface area (Å²) in [5, 5.41) is 11.1. The molecule has 0 aliphatic heterocycles. The molecule has 0 saturated heterocycles. The number of sulfonamides is 1. The Morgan fingerprint density at radius 3 is 2.52 bits per heavy atom. The van der Waals surface area contributed by atoms with Gasteiger partial charge in [-0.1, -0.05) is 28.8 Å². The van der Waals surface area contributed by atoms with Crippen LogP contribution >= 0.6 is 28.3 Å². The highest BCUT2D eigenvalue weighted by atomic mass is 79.9. The summed E-state index contributed by atoms with van der Waals surface area (Å²) in [6.07, 6.45) is 3.95. The van der Waals surface area contributed by atoms with Gasteiger partial charge in [-0.2, -0.15) is 0 Å². The summed E-state index contributed by atoms with van der Waals surface area (Å²) in [7, 11) is -4.01. The molecule has 1 aliphatic carbocycles. The van der Waals surface area contributed by atoms with Gasteiger partial charge in [0.05, 0.1) is 4.92 Å². The largest absolute Gasteiger partial charge is 0.329 e. The number of nitrogens with zero attached hydrogens (tertiary/aromatic N) is 1. The van der Waals surface area contributed by atoms with E-state index in [0.29, 0.717) is 4.47 Å². The number of hydrogen-bond donors (Lipinski definition) is 2. The van der Waals surface area contributed by atoms with Crippen LogP contribution in [0, 0.1) is 16.0 Å². The second-order valence-electron chi connectivity index (χ2n) is 5.38. The Hall–Kier alpha value is -0.740. The smallest absolute Gasteiger partial charge is 0.289 e. The zero-order valence-corrected chi connectivity index (χ0v) is 15.5. The van der Waals surface area contributed by atoms with Gasteiger partial charge in [0.2, 0.25) is 10.0 Å². The van der Waals surface area contributed by atoms with Crippen LogP contribution < -0.4 is 10.5 Å². The van der Waals surface area contributed by atoms with Gasteiger partial charge in [0.1, 0.15) is 0 Å². The van der Waals surface area contributed by atoms with Crippen LogP contribution in [-0.2, 0) is 10.0 Å². The van der Waals surface area contributed by atoms with E-state index < -0.39 is 26.7 Å². The van der Waals surface area contributed by atoms with Gasteiger partial charge in [-0.25, -0.2) is 13.1 Å². The maximum absolute atomic E-state index is 12.5. The molecule has 1 aromatic rings. The van der Waals surface area contributed by atoms with Crippen LogP contribution in [0.1, 0.15) is 25.7 Å². The number of nitrogens with one attached hydrogen (secondary N) is 1. The van der Waals surface area contributed by atoms with E-state index in [1.807, 2.05) is 0 Å². The van der Waals surface area contributed by atoms with E-state index in [9.17, 15) is 18.5 Å². The number of nitrogens with two attached hydrogens (primary N) is 1. The topological polar surface area (TPSA) is 115 Å². The molecular formula is C13H19BrClN3O4S. The van der Waals surface area contributed by atoms with Crippen molar-refractivity contribution in [2.45, 2.75) is 36.6 Å². The van der Waals surface area contributed by atoms with Gasteiger partial charge in [0.25, 0.3) is 5.69 Å². The normalized spacial score (nSPS) is 16.8. The average Bonchev–Trinajstić information content (AvgIpc) is 2.98. The zero-order chi connectivity index (χ0) is 16.3. The van der Waals surface area contributed by atoms with Gasteiger partial charge in [0.15, 0.2) is 4.90 Å². The standard InChI is InChI=1S/C13H18BrN3O4S.ClH/c14-10-5-6-12(17(18)19)13(7-10)22(20,21)16-11(8-15)9-3-1-2-4-9;/h5-7,9,11,16H,1-4,8,15H2;1H. The Morgan fingerprint density at radius 2 is 2.00 bits per heavy atom. The Balaban J connectivity index is 0.00000264. The SMILES string of the molecule is Cl.NCC(NS(=O)(=O)c1cc(Br)ccc1[N+](=O)[O-])C1CCCC1. The minimum absolute atomic E-state index is 0. The molecule has 3 N–H and O–H groups in total. The third-order valence-electron chi connectivity index (χ3n) is 3.94. The van der Waals surface area contributed by atoms with Crippen molar-refractivity contribution in [3.05, 3.63) is 32.8 Å². The quantitative estimate of drug-likeness (QED) is 0.533. The minimum atomic E-state index is -4.01. The highest BCUT2D eigenvalue weighted by molar-refractivity contribution is 9.10. The number of benzene rings is 1. The van der Waals surface area contributed by atoms with Crippen LogP contribution in [-0.4, -0.2) is 25.9 Å². The van der Waals surface area contributed by atoms with E-state index in [0.717, 1.165) is 25.7 Å². The van der Waals surface area contributed by atoms with Gasteiger partial charge in [0, 0.05) is 23.1 Å². The lowest BCUT2D eigenvalue weighted by Gasteiger charge is -2.22. The highest BCUT2D eigenvalue weighted by Gasteiger charge is 2.32. The van der Waals surface area contributed by atoms with Gasteiger partial charge in [-0.05, 0) is 30.9 Å². The summed E-state index contributed by atoms with van der Waals surface area (Å²) in [5.41, 5.74) is 5.25. The number of hydrogen-bond acceptors (Lipinski definition) is 5. The molecule has 1 atom stereocenters. The summed E-state index contributed by atoms with van der Waals surface area (Å²) >= 11 is 3.15. The minimum Gasteiger partial charge on any atom is -0.329 e. The zero-order valence-electron chi connectivity index (χ0n) is 12.3. The monoisotopic (exact) mass is 427 g/mol. The van der Waals surface area contributed by atoms with Crippen molar-refractivity contribution in [3.8, 4) is 0 Å². The first kappa shape index (κ1) is 20.3. The Kier molecular flexibility index (Phi) is 7.40. The molecule has 0 bridgehead atoms. The molecule has 1 saturated carbocycles. The molecule has 1 unspecified atom stereocenters. The van der Waals surface area contributed by atoms with Crippen molar-refractivity contribution in [2.75, 3.05) is 6.54 Å². The molecule has 1 fully saturated rings. The Labute approximate surface area is 149 Å². The predicted octanol–water partition coefficient (Wildman–Crippen LogP) is 2.57. The van der Waals surface area contributed by atoms with E-state index in [4.69, 9.17) is 5.73 Å². The fourth-order valence-electron chi connectivity index (χ4n) is 2.81. The van der Waals surface area contributed by atoms with Crippen molar-refractivity contribution < 1.29 is 13.3 Å². The Bertz CT molecular complexity index is 665. The van der Waals surface area contributed by atoms with Crippen molar-refractivity contribution >= 4 is 44.0 Å². The first-order chi connectivity index (χ1) is 10.3. The first-order valence-corrected chi connectivity index (χ1v) is 9.29. The summed E-state index contributed by atoms with van der Waals surface area (Å²) in [6, 6.07) is 3.45. The molecule has 0 heterocycles. The third-order valence-corrected chi connectivity index (χ3v) is 5.95. The van der Waals surface area contributed by atoms with Crippen LogP contribution in [0.3, 0.4) is 0 Å². The summed E-state index contributed by atoms with van der Waals surface area (Å²) < 4.78 is 28.1. The van der Waals surface area contributed by atoms with Crippen LogP contribution in [0.2, 0.25) is 0 Å². The van der Waals surface area contributed by atoms with E-state index in [1.54, 1.807) is 0 Å². The van der Waals surface area contributed by atoms with E-state index >= 15 is 0 Å². The van der Waals surface area contributed by atoms with E-state index in [-0.39, 0.29) is 29.8 Å². The molecule has 7 nitrogen and oxygen atoms in total. The molecule has 130 valence electrons. The number of nitro benzene ring substituents is 1. The van der Waals surface area contributed by atoms with Crippen molar-refractivity contribution in [3.63, 3.8) is 0 Å². The fraction of sp³-hybridized carbons (Fsp3) is 0.538. The molecule has 23 heavy (non-hydrogen) atoms. The molecule has 0 radical (unpaired) electrons. The number of rotatable bonds is 6. The van der Waals surface area contributed by atoms with E-state index in [1.165, 1.54) is 18.2 Å². The molecule has 0 spiro atoms. The Morgan fingerprint density at radius 1 is 1.39 bits per heavy atom. The summed E-state index contributed by atoms with van der Waals surface area (Å²) in [4.78, 5) is 10.0. The molecule has 0 amide bonds. The van der Waals surface area contributed by atoms with E-state index in [2.05, 4.69) is 20.7 Å². The third kappa shape index (κ3) is 4.87. The fourth-order valence-corrected chi connectivity index (χ4v) is 4.84. The molecule has 1 aromatic carbocycles. The lowest BCUT2D eigenvalue weighted by atomic mass is 9.99. The lowest BCUT2D eigenvalue weighted by Crippen LogP contribution is -2.44. The highest BCUT2D eigenvalue weighted by Crippen LogP contribution is 2.30. The maximum atomic E-state index is 12.5. The van der Waals surface area contributed by atoms with Crippen LogP contribution in [0.25, 0.3) is 0 Å². The summed E-state index contributed by atoms with van der Waals surface area (Å²) in [5.74, 6) is 0.186. The summed E-state index contributed by atoms with van der Waals surface area (Å²) in [6.45, 7) is 0.172. The van der Waals surface area contributed by atoms with Crippen molar-refractivity contribution in [1.82, 2.24) is 4.72 Å². The first-order valence-electron chi connectivity index (χ1n) is 7.01. The average molecular weight is 429 g/mol. The maximum Gasteiger partial charge on any atom is 0.289 e. The van der Waals surface area contributed by atoms with Gasteiger partial charge >= 0.3 is 0 Å². The predicted molar refractivity (Wildman–Crippen MR) is 93.2 cm³/mol. The molecule has 10 heteroatoms. The molecule has 0 aromatic heterocycles. The molecule has 2 rings (SSSR count). The molecular weight excluding hydrogens is 410 g/mol. The van der Waals surface area contributed by atoms with Gasteiger partial charge in [-0.3, -0.25) is 10.1 Å². The second-order valence-corrected chi connectivity index (χ2v) is 7.98. The van der Waals surface area contributed by atoms with Gasteiger partial charge < -0.3 is 5.73 Å². The van der Waals surface area contributed by atoms with Crippen LogP contribution in [0.5, 0.6) is 0 Å². The lowest BCUT2D eigenvalue weighted by molar-refractivity contribution is -0.387. The van der Waals surface area contributed by atoms with Crippen LogP contribution in [0.4, 0.5) is 5.69 Å². The van der Waals surface area contributed by atoms with Crippen LogP contribution in [0.15, 0.2) is 27.6 Å². The number of nitro groups is 1. The van der Waals surface area contributed by atoms with Crippen molar-refractivity contribution in [1.29, 1.82) is 0 Å².